The number of aromatic nitrogens is 2. The largest absolute Gasteiger partial charge is 0.573 e. The second-order valence-corrected chi connectivity index (χ2v) is 7.86. The predicted molar refractivity (Wildman–Crippen MR) is 116 cm³/mol. The zero-order valence-electron chi connectivity index (χ0n) is 19.2. The topological polar surface area (TPSA) is 99.3 Å². The van der Waals surface area contributed by atoms with Gasteiger partial charge in [0.15, 0.2) is 11.5 Å². The van der Waals surface area contributed by atoms with Crippen molar-refractivity contribution in [2.45, 2.75) is 31.5 Å². The number of alkyl halides is 3. The first-order valence-electron chi connectivity index (χ1n) is 10.6. The number of ether oxygens (including phenoxy) is 4. The van der Waals surface area contributed by atoms with Crippen LogP contribution in [0.2, 0.25) is 0 Å². The second kappa shape index (κ2) is 10.0. The Kier molecular flexibility index (Phi) is 7.03. The normalized spacial score (nSPS) is 18.5. The third-order valence-corrected chi connectivity index (χ3v) is 5.61. The summed E-state index contributed by atoms with van der Waals surface area (Å²) in [5.74, 6) is 1.65. The molecule has 0 amide bonds. The van der Waals surface area contributed by atoms with E-state index in [1.807, 2.05) is 11.0 Å². The number of likely N-dealkylation sites (tertiary alicyclic amines) is 1. The average molecular weight is 495 g/mol. The van der Waals surface area contributed by atoms with Crippen LogP contribution in [0.5, 0.6) is 23.0 Å². The van der Waals surface area contributed by atoms with Gasteiger partial charge in [0.25, 0.3) is 0 Å². The van der Waals surface area contributed by atoms with E-state index in [4.69, 9.17) is 18.7 Å². The van der Waals surface area contributed by atoms with Gasteiger partial charge in [0, 0.05) is 24.2 Å². The highest BCUT2D eigenvalue weighted by Crippen LogP contribution is 2.42. The molecule has 35 heavy (non-hydrogen) atoms. The molecule has 0 saturated carbocycles. The second-order valence-electron chi connectivity index (χ2n) is 7.86. The van der Waals surface area contributed by atoms with Crippen LogP contribution in [0.25, 0.3) is 11.4 Å². The summed E-state index contributed by atoms with van der Waals surface area (Å²) >= 11 is 0. The van der Waals surface area contributed by atoms with E-state index in [1.54, 1.807) is 6.07 Å². The molecular formula is C23H24F3N3O6. The maximum absolute atomic E-state index is 12.4. The lowest BCUT2D eigenvalue weighted by molar-refractivity contribution is -0.274. The molecular weight excluding hydrogens is 471 g/mol. The number of benzene rings is 2. The Morgan fingerprint density at radius 3 is 2.37 bits per heavy atom. The Bertz CT molecular complexity index is 1150. The minimum Gasteiger partial charge on any atom is -0.493 e. The van der Waals surface area contributed by atoms with E-state index in [-0.39, 0.29) is 23.5 Å². The van der Waals surface area contributed by atoms with Crippen molar-refractivity contribution in [3.05, 3.63) is 47.9 Å². The monoisotopic (exact) mass is 495 g/mol. The van der Waals surface area contributed by atoms with Crippen LogP contribution in [0.3, 0.4) is 0 Å². The summed E-state index contributed by atoms with van der Waals surface area (Å²) in [5, 5.41) is 14.3. The van der Waals surface area contributed by atoms with Crippen molar-refractivity contribution in [1.82, 2.24) is 15.0 Å². The molecule has 0 bridgehead atoms. The summed E-state index contributed by atoms with van der Waals surface area (Å²) in [7, 11) is 4.59. The minimum atomic E-state index is -4.77. The highest BCUT2D eigenvalue weighted by atomic mass is 19.4. The highest BCUT2D eigenvalue weighted by Gasteiger charge is 2.37. The van der Waals surface area contributed by atoms with Gasteiger partial charge in [0.2, 0.25) is 17.5 Å². The summed E-state index contributed by atoms with van der Waals surface area (Å²) in [6, 6.07) is 8.41. The highest BCUT2D eigenvalue weighted by molar-refractivity contribution is 5.56. The van der Waals surface area contributed by atoms with Crippen molar-refractivity contribution in [2.75, 3.05) is 27.9 Å². The Balaban J connectivity index is 1.55. The van der Waals surface area contributed by atoms with Gasteiger partial charge in [-0.1, -0.05) is 11.2 Å². The molecule has 1 aromatic heterocycles. The van der Waals surface area contributed by atoms with Crippen LogP contribution in [0.4, 0.5) is 13.2 Å². The maximum atomic E-state index is 12.4. The summed E-state index contributed by atoms with van der Waals surface area (Å²) in [6.45, 7) is 0.760. The van der Waals surface area contributed by atoms with Gasteiger partial charge < -0.3 is 28.6 Å². The summed E-state index contributed by atoms with van der Waals surface area (Å²) in [5.41, 5.74) is 1.27. The summed E-state index contributed by atoms with van der Waals surface area (Å²) in [6.07, 6.45) is -5.01. The van der Waals surface area contributed by atoms with Gasteiger partial charge in [-0.15, -0.1) is 13.2 Å². The Morgan fingerprint density at radius 1 is 1.03 bits per heavy atom. The van der Waals surface area contributed by atoms with Gasteiger partial charge in [-0.3, -0.25) is 4.90 Å². The van der Waals surface area contributed by atoms with E-state index >= 15 is 0 Å². The molecule has 188 valence electrons. The number of aliphatic hydroxyl groups excluding tert-OH is 1. The Hall–Kier alpha value is -3.51. The average Bonchev–Trinajstić information content (AvgIpc) is 3.44. The first kappa shape index (κ1) is 24.6. The molecule has 3 aromatic rings. The SMILES string of the molecule is COc1ccc(CN2C[C@H](O)C[C@H]2c2nc(-c3ccc(OC(F)(F)F)cc3)no2)c(OC)c1OC. The van der Waals surface area contributed by atoms with Crippen molar-refractivity contribution in [1.29, 1.82) is 0 Å². The van der Waals surface area contributed by atoms with Crippen LogP contribution in [-0.2, 0) is 6.54 Å². The molecule has 0 spiro atoms. The van der Waals surface area contributed by atoms with Gasteiger partial charge in [-0.25, -0.2) is 0 Å². The molecule has 12 heteroatoms. The van der Waals surface area contributed by atoms with E-state index in [0.29, 0.717) is 42.3 Å². The first-order chi connectivity index (χ1) is 16.7. The van der Waals surface area contributed by atoms with E-state index in [9.17, 15) is 18.3 Å². The fraction of sp³-hybridized carbons (Fsp3) is 0.391. The lowest BCUT2D eigenvalue weighted by Crippen LogP contribution is -2.25. The Labute approximate surface area is 199 Å². The molecule has 1 saturated heterocycles. The molecule has 9 nitrogen and oxygen atoms in total. The number of methoxy groups -OCH3 is 3. The zero-order valence-corrected chi connectivity index (χ0v) is 19.2. The molecule has 1 N–H and O–H groups in total. The number of aliphatic hydroxyl groups is 1. The van der Waals surface area contributed by atoms with Crippen molar-refractivity contribution in [2.24, 2.45) is 0 Å². The number of hydrogen-bond donors (Lipinski definition) is 1. The van der Waals surface area contributed by atoms with Crippen molar-refractivity contribution < 1.29 is 41.7 Å². The molecule has 1 aliphatic rings. The third kappa shape index (κ3) is 5.43. The molecule has 0 radical (unpaired) electrons. The zero-order chi connectivity index (χ0) is 25.2. The van der Waals surface area contributed by atoms with Gasteiger partial charge in [-0.05, 0) is 36.8 Å². The molecule has 1 fully saturated rings. The smallest absolute Gasteiger partial charge is 0.493 e. The molecule has 2 atom stereocenters. The quantitative estimate of drug-likeness (QED) is 0.498. The van der Waals surface area contributed by atoms with Gasteiger partial charge in [0.05, 0.1) is 33.5 Å². The molecule has 0 unspecified atom stereocenters. The van der Waals surface area contributed by atoms with E-state index in [2.05, 4.69) is 14.9 Å². The lowest BCUT2D eigenvalue weighted by atomic mass is 10.1. The minimum absolute atomic E-state index is 0.212. The third-order valence-electron chi connectivity index (χ3n) is 5.61. The fourth-order valence-corrected chi connectivity index (χ4v) is 4.11. The summed E-state index contributed by atoms with van der Waals surface area (Å²) in [4.78, 5) is 6.41. The fourth-order valence-electron chi connectivity index (χ4n) is 4.11. The van der Waals surface area contributed by atoms with Crippen molar-refractivity contribution in [3.8, 4) is 34.4 Å². The molecule has 1 aliphatic heterocycles. The van der Waals surface area contributed by atoms with E-state index in [1.165, 1.54) is 45.6 Å². The van der Waals surface area contributed by atoms with E-state index in [0.717, 1.165) is 5.56 Å². The van der Waals surface area contributed by atoms with Crippen LogP contribution < -0.4 is 18.9 Å². The summed E-state index contributed by atoms with van der Waals surface area (Å²) < 4.78 is 62.9. The van der Waals surface area contributed by atoms with Crippen LogP contribution in [-0.4, -0.2) is 60.5 Å². The number of β-amino-alcohol motifs (C(OH)–C–C–N with tert-alkyl or cyclic N) is 1. The predicted octanol–water partition coefficient (Wildman–Crippen LogP) is 3.97. The van der Waals surface area contributed by atoms with Crippen LogP contribution in [0.15, 0.2) is 40.9 Å². The van der Waals surface area contributed by atoms with Crippen molar-refractivity contribution in [3.63, 3.8) is 0 Å². The number of rotatable bonds is 8. The maximum Gasteiger partial charge on any atom is 0.573 e. The lowest BCUT2D eigenvalue weighted by Gasteiger charge is -2.23. The standard InChI is InChI=1S/C23H24F3N3O6/c1-31-18-9-6-14(19(32-2)20(18)33-3)11-29-12-15(30)10-17(29)22-27-21(28-35-22)13-4-7-16(8-5-13)34-23(24,25)26/h4-9,15,17,30H,10-12H2,1-3H3/t15-,17+/m1/s1. The van der Waals surface area contributed by atoms with Gasteiger partial charge >= 0.3 is 6.36 Å². The Morgan fingerprint density at radius 2 is 1.74 bits per heavy atom. The first-order valence-corrected chi connectivity index (χ1v) is 10.6. The molecule has 2 aromatic carbocycles. The molecule has 0 aliphatic carbocycles. The van der Waals surface area contributed by atoms with Crippen LogP contribution >= 0.6 is 0 Å². The number of halogens is 3. The van der Waals surface area contributed by atoms with Gasteiger partial charge in [-0.2, -0.15) is 4.98 Å². The molecule has 2 heterocycles. The molecule has 4 rings (SSSR count). The number of hydrogen-bond acceptors (Lipinski definition) is 9. The number of nitrogens with zero attached hydrogens (tertiary/aromatic N) is 3. The van der Waals surface area contributed by atoms with Crippen LogP contribution in [0, 0.1) is 0 Å². The van der Waals surface area contributed by atoms with Crippen LogP contribution in [0.1, 0.15) is 23.9 Å². The van der Waals surface area contributed by atoms with E-state index < -0.39 is 12.5 Å². The van der Waals surface area contributed by atoms with Crippen molar-refractivity contribution >= 4 is 0 Å². The van der Waals surface area contributed by atoms with Gasteiger partial charge in [0.1, 0.15) is 5.75 Å².